The fraction of sp³-hybridized carbons (Fsp3) is 0.227. The highest BCUT2D eigenvalue weighted by molar-refractivity contribution is 7.89. The quantitative estimate of drug-likeness (QED) is 0.589. The van der Waals surface area contributed by atoms with Crippen LogP contribution in [0.15, 0.2) is 68.7 Å². The second kappa shape index (κ2) is 8.21. The SMILES string of the molecule is CN(C)S(=O)(=O)c1ccc(N2C[C@H](C(=O)Nc3ccc4oc(=O)ccc4c3)CC2=O)cc1. The van der Waals surface area contributed by atoms with Gasteiger partial charge in [-0.05, 0) is 48.5 Å². The number of benzene rings is 2. The molecule has 2 aromatic carbocycles. The Labute approximate surface area is 184 Å². The third-order valence-corrected chi connectivity index (χ3v) is 7.14. The summed E-state index contributed by atoms with van der Waals surface area (Å²) in [5.41, 5.74) is 1.02. The summed E-state index contributed by atoms with van der Waals surface area (Å²) in [5.74, 6) is -1.07. The molecular formula is C22H21N3O6S. The predicted octanol–water partition coefficient (Wildman–Crippen LogP) is 2.03. The van der Waals surface area contributed by atoms with E-state index in [1.54, 1.807) is 36.4 Å². The summed E-state index contributed by atoms with van der Waals surface area (Å²) in [6.07, 6.45) is 0.0477. The molecule has 1 atom stereocenters. The largest absolute Gasteiger partial charge is 0.423 e. The van der Waals surface area contributed by atoms with Crippen molar-refractivity contribution in [2.24, 2.45) is 5.92 Å². The lowest BCUT2D eigenvalue weighted by Gasteiger charge is -2.18. The first-order chi connectivity index (χ1) is 15.1. The second-order valence-electron chi connectivity index (χ2n) is 7.68. The van der Waals surface area contributed by atoms with Gasteiger partial charge in [0.2, 0.25) is 21.8 Å². The van der Waals surface area contributed by atoms with E-state index in [0.29, 0.717) is 22.3 Å². The van der Waals surface area contributed by atoms with Crippen molar-refractivity contribution in [3.63, 3.8) is 0 Å². The molecule has 0 saturated carbocycles. The Morgan fingerprint density at radius 1 is 1.06 bits per heavy atom. The van der Waals surface area contributed by atoms with Gasteiger partial charge in [-0.1, -0.05) is 0 Å². The van der Waals surface area contributed by atoms with Gasteiger partial charge in [0.15, 0.2) is 0 Å². The molecule has 2 amide bonds. The van der Waals surface area contributed by atoms with Crippen LogP contribution >= 0.6 is 0 Å². The molecule has 3 aromatic rings. The third-order valence-electron chi connectivity index (χ3n) is 5.31. The average Bonchev–Trinajstić information content (AvgIpc) is 3.15. The summed E-state index contributed by atoms with van der Waals surface area (Å²) in [6, 6.07) is 13.8. The van der Waals surface area contributed by atoms with Gasteiger partial charge in [-0.2, -0.15) is 0 Å². The molecule has 1 N–H and O–H groups in total. The van der Waals surface area contributed by atoms with Crippen LogP contribution < -0.4 is 15.8 Å². The van der Waals surface area contributed by atoms with Crippen LogP contribution in [0.1, 0.15) is 6.42 Å². The van der Waals surface area contributed by atoms with E-state index in [4.69, 9.17) is 4.42 Å². The molecule has 1 saturated heterocycles. The molecule has 1 aromatic heterocycles. The number of hydrogen-bond acceptors (Lipinski definition) is 6. The number of anilines is 2. The Bertz CT molecular complexity index is 1360. The normalized spacial score (nSPS) is 16.7. The number of carbonyl (C=O) groups is 2. The Kier molecular flexibility index (Phi) is 5.57. The maximum absolute atomic E-state index is 12.7. The van der Waals surface area contributed by atoms with Gasteiger partial charge in [-0.15, -0.1) is 0 Å². The Morgan fingerprint density at radius 2 is 1.78 bits per heavy atom. The van der Waals surface area contributed by atoms with Crippen LogP contribution in [-0.2, 0) is 19.6 Å². The summed E-state index contributed by atoms with van der Waals surface area (Å²) in [5, 5.41) is 3.47. The van der Waals surface area contributed by atoms with E-state index in [9.17, 15) is 22.8 Å². The zero-order valence-electron chi connectivity index (χ0n) is 17.4. The first kappa shape index (κ1) is 21.7. The molecule has 4 rings (SSSR count). The molecule has 10 heteroatoms. The van der Waals surface area contributed by atoms with Crippen molar-refractivity contribution in [1.82, 2.24) is 4.31 Å². The Balaban J connectivity index is 1.47. The monoisotopic (exact) mass is 455 g/mol. The van der Waals surface area contributed by atoms with Crippen LogP contribution in [-0.4, -0.2) is 45.2 Å². The lowest BCUT2D eigenvalue weighted by atomic mass is 10.1. The molecule has 32 heavy (non-hydrogen) atoms. The molecule has 0 spiro atoms. The van der Waals surface area contributed by atoms with Crippen LogP contribution in [0.25, 0.3) is 11.0 Å². The molecular weight excluding hydrogens is 434 g/mol. The molecule has 0 radical (unpaired) electrons. The van der Waals surface area contributed by atoms with Gasteiger partial charge in [-0.25, -0.2) is 17.5 Å². The van der Waals surface area contributed by atoms with Crippen LogP contribution in [0.5, 0.6) is 0 Å². The van der Waals surface area contributed by atoms with E-state index in [2.05, 4.69) is 5.32 Å². The third kappa shape index (κ3) is 4.14. The standard InChI is InChI=1S/C22H21N3O6S/c1-24(2)32(29,30)18-7-5-17(6-8-18)25-13-15(12-20(25)26)22(28)23-16-4-9-19-14(11-16)3-10-21(27)31-19/h3-11,15H,12-13H2,1-2H3,(H,23,28)/t15-/m1/s1. The molecule has 1 fully saturated rings. The fourth-order valence-corrected chi connectivity index (χ4v) is 4.44. The molecule has 1 aliphatic heterocycles. The zero-order valence-corrected chi connectivity index (χ0v) is 18.3. The van der Waals surface area contributed by atoms with Gasteiger partial charge in [-0.3, -0.25) is 9.59 Å². The number of carbonyl (C=O) groups excluding carboxylic acids is 2. The van der Waals surface area contributed by atoms with Crippen molar-refractivity contribution in [2.75, 3.05) is 30.9 Å². The van der Waals surface area contributed by atoms with Crippen molar-refractivity contribution in [3.8, 4) is 0 Å². The number of nitrogens with one attached hydrogen (secondary N) is 1. The highest BCUT2D eigenvalue weighted by Gasteiger charge is 2.35. The average molecular weight is 455 g/mol. The zero-order chi connectivity index (χ0) is 23.0. The lowest BCUT2D eigenvalue weighted by molar-refractivity contribution is -0.122. The predicted molar refractivity (Wildman–Crippen MR) is 119 cm³/mol. The number of hydrogen-bond donors (Lipinski definition) is 1. The first-order valence-corrected chi connectivity index (χ1v) is 11.3. The summed E-state index contributed by atoms with van der Waals surface area (Å²) in [6.45, 7) is 0.187. The van der Waals surface area contributed by atoms with Crippen molar-refractivity contribution >= 4 is 44.2 Å². The van der Waals surface area contributed by atoms with Crippen LogP contribution in [0.3, 0.4) is 0 Å². The van der Waals surface area contributed by atoms with Crippen molar-refractivity contribution in [1.29, 1.82) is 0 Å². The summed E-state index contributed by atoms with van der Waals surface area (Å²) >= 11 is 0. The summed E-state index contributed by atoms with van der Waals surface area (Å²) < 4.78 is 30.6. The van der Waals surface area contributed by atoms with E-state index < -0.39 is 21.6 Å². The smallest absolute Gasteiger partial charge is 0.336 e. The number of rotatable bonds is 5. The van der Waals surface area contributed by atoms with Gasteiger partial charge in [0, 0.05) is 49.9 Å². The summed E-state index contributed by atoms with van der Waals surface area (Å²) in [4.78, 5) is 38.1. The minimum atomic E-state index is -3.57. The van der Waals surface area contributed by atoms with Gasteiger partial charge >= 0.3 is 5.63 Å². The minimum Gasteiger partial charge on any atom is -0.423 e. The Hall–Kier alpha value is -3.50. The van der Waals surface area contributed by atoms with Gasteiger partial charge in [0.05, 0.1) is 10.8 Å². The second-order valence-corrected chi connectivity index (χ2v) is 9.83. The number of amides is 2. The van der Waals surface area contributed by atoms with E-state index in [1.807, 2.05) is 0 Å². The Morgan fingerprint density at radius 3 is 2.47 bits per heavy atom. The van der Waals surface area contributed by atoms with E-state index in [0.717, 1.165) is 4.31 Å². The highest BCUT2D eigenvalue weighted by atomic mass is 32.2. The molecule has 0 unspecified atom stereocenters. The maximum atomic E-state index is 12.7. The molecule has 1 aliphatic rings. The minimum absolute atomic E-state index is 0.0477. The van der Waals surface area contributed by atoms with Crippen LogP contribution in [0, 0.1) is 5.92 Å². The number of nitrogens with zero attached hydrogens (tertiary/aromatic N) is 2. The highest BCUT2D eigenvalue weighted by Crippen LogP contribution is 2.28. The fourth-order valence-electron chi connectivity index (χ4n) is 3.54. The molecule has 0 bridgehead atoms. The van der Waals surface area contributed by atoms with Crippen LogP contribution in [0.4, 0.5) is 11.4 Å². The van der Waals surface area contributed by atoms with Gasteiger partial charge in [0.25, 0.3) is 0 Å². The van der Waals surface area contributed by atoms with Crippen molar-refractivity contribution in [3.05, 3.63) is 65.0 Å². The number of fused-ring (bicyclic) bond motifs is 1. The number of sulfonamides is 1. The molecule has 2 heterocycles. The van der Waals surface area contributed by atoms with Crippen molar-refractivity contribution < 1.29 is 22.4 Å². The van der Waals surface area contributed by atoms with Gasteiger partial charge < -0.3 is 14.6 Å². The first-order valence-electron chi connectivity index (χ1n) is 9.83. The van der Waals surface area contributed by atoms with Gasteiger partial charge in [0.1, 0.15) is 5.58 Å². The molecule has 166 valence electrons. The summed E-state index contributed by atoms with van der Waals surface area (Å²) in [7, 11) is -0.673. The molecule has 0 aliphatic carbocycles. The van der Waals surface area contributed by atoms with Crippen molar-refractivity contribution in [2.45, 2.75) is 11.3 Å². The van der Waals surface area contributed by atoms with E-state index in [1.165, 1.54) is 37.2 Å². The molecule has 9 nitrogen and oxygen atoms in total. The van der Waals surface area contributed by atoms with E-state index >= 15 is 0 Å². The topological polar surface area (TPSA) is 117 Å². The van der Waals surface area contributed by atoms with Crippen LogP contribution in [0.2, 0.25) is 0 Å². The maximum Gasteiger partial charge on any atom is 0.336 e. The van der Waals surface area contributed by atoms with E-state index in [-0.39, 0.29) is 29.7 Å². The lowest BCUT2D eigenvalue weighted by Crippen LogP contribution is -2.28.